The van der Waals surface area contributed by atoms with Crippen LogP contribution in [0.2, 0.25) is 0 Å². The van der Waals surface area contributed by atoms with Gasteiger partial charge in [-0.15, -0.1) is 5.10 Å². The lowest BCUT2D eigenvalue weighted by Crippen LogP contribution is -2.38. The predicted octanol–water partition coefficient (Wildman–Crippen LogP) is 4.61. The maximum absolute atomic E-state index is 12.6. The minimum atomic E-state index is -0.0329. The molecule has 1 fully saturated rings. The smallest absolute Gasteiger partial charge is 0.251 e. The standard InChI is InChI=1S/C28H32N6O2/c1-3-33-17-15-20(16-18-33)19-29-27(35)22-7-11-23(12-8-22)30-28-31-26-6-4-5-25(34(26)32-28)21-9-13-24(36-2)14-10-21/h4-14,20H,3,15-19H2,1-2H3,(H,29,35)(H,30,32). The maximum atomic E-state index is 12.6. The Morgan fingerprint density at radius 1 is 1.03 bits per heavy atom. The highest BCUT2D eigenvalue weighted by atomic mass is 16.5. The second-order valence-corrected chi connectivity index (χ2v) is 9.13. The lowest BCUT2D eigenvalue weighted by atomic mass is 9.97. The Kier molecular flexibility index (Phi) is 7.13. The SMILES string of the molecule is CCN1CCC(CNC(=O)c2ccc(Nc3nc4cccc(-c5ccc(OC)cc5)n4n3)cc2)CC1. The molecule has 2 aromatic carbocycles. The first-order valence-electron chi connectivity index (χ1n) is 12.5. The third kappa shape index (κ3) is 5.33. The highest BCUT2D eigenvalue weighted by molar-refractivity contribution is 5.94. The Labute approximate surface area is 211 Å². The lowest BCUT2D eigenvalue weighted by Gasteiger charge is -2.31. The molecule has 0 unspecified atom stereocenters. The monoisotopic (exact) mass is 484 g/mol. The maximum Gasteiger partial charge on any atom is 0.251 e. The van der Waals surface area contributed by atoms with E-state index in [1.807, 2.05) is 71.2 Å². The van der Waals surface area contributed by atoms with Crippen molar-refractivity contribution in [3.05, 3.63) is 72.3 Å². The first-order valence-corrected chi connectivity index (χ1v) is 12.5. The van der Waals surface area contributed by atoms with Crippen LogP contribution >= 0.6 is 0 Å². The highest BCUT2D eigenvalue weighted by Gasteiger charge is 2.19. The van der Waals surface area contributed by atoms with Crippen LogP contribution < -0.4 is 15.4 Å². The highest BCUT2D eigenvalue weighted by Crippen LogP contribution is 2.24. The summed E-state index contributed by atoms with van der Waals surface area (Å²) < 4.78 is 7.08. The molecule has 2 aromatic heterocycles. The van der Waals surface area contributed by atoms with Gasteiger partial charge in [-0.05, 0) is 99.1 Å². The summed E-state index contributed by atoms with van der Waals surface area (Å²) >= 11 is 0. The zero-order valence-electron chi connectivity index (χ0n) is 20.8. The van der Waals surface area contributed by atoms with Crippen LogP contribution in [0.1, 0.15) is 30.1 Å². The van der Waals surface area contributed by atoms with Gasteiger partial charge >= 0.3 is 0 Å². The van der Waals surface area contributed by atoms with Gasteiger partial charge in [-0.3, -0.25) is 4.79 Å². The van der Waals surface area contributed by atoms with E-state index in [2.05, 4.69) is 32.5 Å². The normalized spacial score (nSPS) is 14.6. The number of benzene rings is 2. The van der Waals surface area contributed by atoms with Crippen molar-refractivity contribution in [1.29, 1.82) is 0 Å². The number of carbonyl (C=O) groups is 1. The molecule has 8 heteroatoms. The molecule has 0 aliphatic carbocycles. The molecule has 0 atom stereocenters. The first-order chi connectivity index (χ1) is 17.6. The van der Waals surface area contributed by atoms with Crippen LogP contribution in [-0.4, -0.2) is 58.7 Å². The molecular weight excluding hydrogens is 452 g/mol. The first kappa shape index (κ1) is 23.8. The van der Waals surface area contributed by atoms with E-state index >= 15 is 0 Å². The fourth-order valence-corrected chi connectivity index (χ4v) is 4.62. The lowest BCUT2D eigenvalue weighted by molar-refractivity contribution is 0.0937. The van der Waals surface area contributed by atoms with Crippen molar-refractivity contribution in [2.75, 3.05) is 38.6 Å². The summed E-state index contributed by atoms with van der Waals surface area (Å²) in [6.45, 7) is 6.28. The predicted molar refractivity (Wildman–Crippen MR) is 142 cm³/mol. The third-order valence-corrected chi connectivity index (χ3v) is 6.85. The molecule has 4 aromatic rings. The Balaban J connectivity index is 1.22. The molecule has 0 radical (unpaired) electrons. The molecule has 0 bridgehead atoms. The molecule has 36 heavy (non-hydrogen) atoms. The molecular formula is C28H32N6O2. The van der Waals surface area contributed by atoms with Gasteiger partial charge in [-0.1, -0.05) is 13.0 Å². The van der Waals surface area contributed by atoms with E-state index in [4.69, 9.17) is 4.74 Å². The number of nitrogens with one attached hydrogen (secondary N) is 2. The van der Waals surface area contributed by atoms with Gasteiger partial charge in [0.05, 0.1) is 12.8 Å². The van der Waals surface area contributed by atoms with Gasteiger partial charge in [-0.25, -0.2) is 4.52 Å². The van der Waals surface area contributed by atoms with Crippen LogP contribution in [0.4, 0.5) is 11.6 Å². The molecule has 1 amide bonds. The number of likely N-dealkylation sites (tertiary alicyclic amines) is 1. The van der Waals surface area contributed by atoms with Crippen LogP contribution in [0.3, 0.4) is 0 Å². The van der Waals surface area contributed by atoms with Crippen molar-refractivity contribution in [2.45, 2.75) is 19.8 Å². The molecule has 0 spiro atoms. The Bertz CT molecular complexity index is 1310. The largest absolute Gasteiger partial charge is 0.497 e. The molecule has 0 saturated carbocycles. The van der Waals surface area contributed by atoms with Crippen molar-refractivity contribution in [3.8, 4) is 17.0 Å². The number of amides is 1. The van der Waals surface area contributed by atoms with Crippen LogP contribution in [0.25, 0.3) is 16.9 Å². The number of hydrogen-bond donors (Lipinski definition) is 2. The van der Waals surface area contributed by atoms with Gasteiger partial charge in [-0.2, -0.15) is 4.98 Å². The van der Waals surface area contributed by atoms with Crippen molar-refractivity contribution in [3.63, 3.8) is 0 Å². The van der Waals surface area contributed by atoms with Crippen LogP contribution in [0.15, 0.2) is 66.7 Å². The summed E-state index contributed by atoms with van der Waals surface area (Å²) in [4.78, 5) is 19.7. The summed E-state index contributed by atoms with van der Waals surface area (Å²) in [7, 11) is 1.65. The van der Waals surface area contributed by atoms with Gasteiger partial charge < -0.3 is 20.3 Å². The Morgan fingerprint density at radius 3 is 2.47 bits per heavy atom. The van der Waals surface area contributed by atoms with Gasteiger partial charge in [0.1, 0.15) is 5.75 Å². The average Bonchev–Trinajstić information content (AvgIpc) is 3.35. The number of anilines is 2. The number of pyridine rings is 1. The number of carbonyl (C=O) groups excluding carboxylic acids is 1. The summed E-state index contributed by atoms with van der Waals surface area (Å²) in [5.41, 5.74) is 4.16. The van der Waals surface area contributed by atoms with Crippen molar-refractivity contribution in [2.24, 2.45) is 5.92 Å². The number of fused-ring (bicyclic) bond motifs is 1. The fourth-order valence-electron chi connectivity index (χ4n) is 4.62. The van der Waals surface area contributed by atoms with E-state index in [9.17, 15) is 4.79 Å². The summed E-state index contributed by atoms with van der Waals surface area (Å²) in [5, 5.41) is 11.0. The van der Waals surface area contributed by atoms with Gasteiger partial charge in [0.15, 0.2) is 5.65 Å². The second kappa shape index (κ2) is 10.8. The number of piperidine rings is 1. The third-order valence-electron chi connectivity index (χ3n) is 6.85. The summed E-state index contributed by atoms with van der Waals surface area (Å²) in [6.07, 6.45) is 2.28. The number of aromatic nitrogens is 3. The van der Waals surface area contributed by atoms with Crippen LogP contribution in [0, 0.1) is 5.92 Å². The number of rotatable bonds is 8. The van der Waals surface area contributed by atoms with E-state index in [1.54, 1.807) is 7.11 Å². The molecule has 186 valence electrons. The van der Waals surface area contributed by atoms with E-state index < -0.39 is 0 Å². The molecule has 5 rings (SSSR count). The number of ether oxygens (including phenoxy) is 1. The zero-order chi connectivity index (χ0) is 24.9. The van der Waals surface area contributed by atoms with Gasteiger partial charge in [0, 0.05) is 23.4 Å². The van der Waals surface area contributed by atoms with Crippen LogP contribution in [0.5, 0.6) is 5.75 Å². The van der Waals surface area contributed by atoms with Gasteiger partial charge in [0.25, 0.3) is 5.91 Å². The van der Waals surface area contributed by atoms with Crippen molar-refractivity contribution >= 4 is 23.2 Å². The van der Waals surface area contributed by atoms with Crippen molar-refractivity contribution < 1.29 is 9.53 Å². The fraction of sp³-hybridized carbons (Fsp3) is 0.321. The van der Waals surface area contributed by atoms with E-state index in [0.29, 0.717) is 17.4 Å². The van der Waals surface area contributed by atoms with Crippen molar-refractivity contribution in [1.82, 2.24) is 24.8 Å². The van der Waals surface area contributed by atoms with Crippen LogP contribution in [-0.2, 0) is 0 Å². The van der Waals surface area contributed by atoms with E-state index in [1.165, 1.54) is 0 Å². The molecule has 3 heterocycles. The van der Waals surface area contributed by atoms with E-state index in [-0.39, 0.29) is 5.91 Å². The minimum absolute atomic E-state index is 0.0329. The molecule has 1 aliphatic rings. The Hall–Kier alpha value is -3.91. The molecule has 1 aliphatic heterocycles. The molecule has 2 N–H and O–H groups in total. The quantitative estimate of drug-likeness (QED) is 0.380. The topological polar surface area (TPSA) is 83.8 Å². The molecule has 1 saturated heterocycles. The summed E-state index contributed by atoms with van der Waals surface area (Å²) in [6, 6.07) is 21.2. The number of hydrogen-bond acceptors (Lipinski definition) is 6. The summed E-state index contributed by atoms with van der Waals surface area (Å²) in [5.74, 6) is 1.82. The number of methoxy groups -OCH3 is 1. The number of nitrogens with zero attached hydrogens (tertiary/aromatic N) is 4. The Morgan fingerprint density at radius 2 is 1.78 bits per heavy atom. The average molecular weight is 485 g/mol. The molecule has 8 nitrogen and oxygen atoms in total. The second-order valence-electron chi connectivity index (χ2n) is 9.13. The van der Waals surface area contributed by atoms with E-state index in [0.717, 1.165) is 67.4 Å². The minimum Gasteiger partial charge on any atom is -0.497 e. The van der Waals surface area contributed by atoms with Gasteiger partial charge in [0.2, 0.25) is 5.95 Å². The zero-order valence-corrected chi connectivity index (χ0v) is 20.8.